The Morgan fingerprint density at radius 3 is 2.79 bits per heavy atom. The normalized spacial score (nSPS) is 18.9. The number of ether oxygens (including phenoxy) is 1. The van der Waals surface area contributed by atoms with Crippen LogP contribution in [0, 0.1) is 5.92 Å². The maximum atomic E-state index is 11.9. The lowest BCUT2D eigenvalue weighted by Crippen LogP contribution is -2.48. The molecule has 0 radical (unpaired) electrons. The molecule has 7 nitrogen and oxygen atoms in total. The van der Waals surface area contributed by atoms with E-state index in [-0.39, 0.29) is 12.5 Å². The topological polar surface area (TPSA) is 97.4 Å². The van der Waals surface area contributed by atoms with Crippen LogP contribution in [0.4, 0.5) is 4.79 Å². The van der Waals surface area contributed by atoms with Gasteiger partial charge in [0.1, 0.15) is 0 Å². The summed E-state index contributed by atoms with van der Waals surface area (Å²) in [6.45, 7) is 1.65. The quantitative estimate of drug-likeness (QED) is 0.671. The van der Waals surface area contributed by atoms with Gasteiger partial charge in [0.25, 0.3) is 5.91 Å². The zero-order valence-electron chi connectivity index (χ0n) is 16.6. The third-order valence-corrected chi connectivity index (χ3v) is 6.25. The Kier molecular flexibility index (Phi) is 7.57. The van der Waals surface area contributed by atoms with Crippen LogP contribution in [-0.2, 0) is 20.7 Å². The van der Waals surface area contributed by atoms with Gasteiger partial charge in [-0.05, 0) is 43.7 Å². The van der Waals surface area contributed by atoms with Gasteiger partial charge in [0.2, 0.25) is 0 Å². The minimum Gasteiger partial charge on any atom is -0.456 e. The summed E-state index contributed by atoms with van der Waals surface area (Å²) >= 11 is 1.62. The van der Waals surface area contributed by atoms with E-state index in [0.717, 1.165) is 34.5 Å². The molecule has 1 aliphatic rings. The van der Waals surface area contributed by atoms with Gasteiger partial charge >= 0.3 is 12.0 Å². The molecule has 29 heavy (non-hydrogen) atoms. The molecule has 3 rings (SSSR count). The molecule has 2 atom stereocenters. The molecule has 1 heterocycles. The van der Waals surface area contributed by atoms with Gasteiger partial charge in [-0.2, -0.15) is 0 Å². The Morgan fingerprint density at radius 2 is 2.00 bits per heavy atom. The number of benzene rings is 1. The van der Waals surface area contributed by atoms with Crippen LogP contribution in [0.15, 0.2) is 24.3 Å². The first-order valence-corrected chi connectivity index (χ1v) is 10.9. The Hall–Kier alpha value is -2.48. The van der Waals surface area contributed by atoms with Crippen LogP contribution in [0.1, 0.15) is 50.5 Å². The van der Waals surface area contributed by atoms with E-state index in [1.165, 1.54) is 6.42 Å². The molecule has 0 aliphatic heterocycles. The van der Waals surface area contributed by atoms with Crippen molar-refractivity contribution in [2.75, 3.05) is 6.61 Å². The highest BCUT2D eigenvalue weighted by molar-refractivity contribution is 7.18. The second kappa shape index (κ2) is 10.3. The summed E-state index contributed by atoms with van der Waals surface area (Å²) in [5.74, 6) is -0.675. The Balaban J connectivity index is 1.31. The van der Waals surface area contributed by atoms with E-state index in [9.17, 15) is 14.4 Å². The first kappa shape index (κ1) is 21.2. The number of nitrogens with one attached hydrogen (secondary N) is 2. The van der Waals surface area contributed by atoms with Crippen LogP contribution in [-0.4, -0.2) is 35.5 Å². The first-order valence-electron chi connectivity index (χ1n) is 10.1. The van der Waals surface area contributed by atoms with E-state index in [4.69, 9.17) is 4.74 Å². The third kappa shape index (κ3) is 6.52. The van der Waals surface area contributed by atoms with Crippen molar-refractivity contribution in [2.24, 2.45) is 5.92 Å². The van der Waals surface area contributed by atoms with E-state index in [2.05, 4.69) is 22.5 Å². The minimum atomic E-state index is -0.620. The number of urea groups is 1. The molecule has 0 bridgehead atoms. The van der Waals surface area contributed by atoms with Crippen molar-refractivity contribution < 1.29 is 19.1 Å². The maximum Gasteiger partial charge on any atom is 0.321 e. The second-order valence-electron chi connectivity index (χ2n) is 7.48. The SMILES string of the molecule is C[C@H]1CCCC[C@@H]1NC(=O)NC(=O)COC(=O)CCCc1nc2ccccc2s1. The van der Waals surface area contributed by atoms with Crippen molar-refractivity contribution in [2.45, 2.75) is 57.9 Å². The fourth-order valence-corrected chi connectivity index (χ4v) is 4.54. The lowest BCUT2D eigenvalue weighted by molar-refractivity contribution is -0.148. The highest BCUT2D eigenvalue weighted by atomic mass is 32.1. The Labute approximate surface area is 174 Å². The molecule has 0 unspecified atom stereocenters. The lowest BCUT2D eigenvalue weighted by atomic mass is 9.86. The molecular weight excluding hydrogens is 390 g/mol. The summed E-state index contributed by atoms with van der Waals surface area (Å²) in [5.41, 5.74) is 0.965. The molecule has 0 saturated heterocycles. The molecule has 1 aliphatic carbocycles. The van der Waals surface area contributed by atoms with E-state index >= 15 is 0 Å². The van der Waals surface area contributed by atoms with Crippen molar-refractivity contribution in [3.05, 3.63) is 29.3 Å². The molecule has 1 fully saturated rings. The standard InChI is InChI=1S/C21H27N3O4S/c1-14-7-2-3-8-15(14)23-21(27)24-18(25)13-28-20(26)12-6-11-19-22-16-9-4-5-10-17(16)29-19/h4-5,9-10,14-15H,2-3,6-8,11-13H2,1H3,(H2,23,24,25,27)/t14-,15-/m0/s1. The molecule has 2 aromatic rings. The van der Waals surface area contributed by atoms with E-state index in [0.29, 0.717) is 18.8 Å². The van der Waals surface area contributed by atoms with Crippen LogP contribution in [0.3, 0.4) is 0 Å². The largest absolute Gasteiger partial charge is 0.456 e. The van der Waals surface area contributed by atoms with Gasteiger partial charge in [0, 0.05) is 12.5 Å². The van der Waals surface area contributed by atoms with Crippen molar-refractivity contribution in [1.82, 2.24) is 15.6 Å². The number of aromatic nitrogens is 1. The predicted octanol–water partition coefficient (Wildman–Crippen LogP) is 3.57. The van der Waals surface area contributed by atoms with Crippen LogP contribution >= 0.6 is 11.3 Å². The van der Waals surface area contributed by atoms with Gasteiger partial charge in [-0.3, -0.25) is 14.9 Å². The lowest BCUT2D eigenvalue weighted by Gasteiger charge is -2.29. The van der Waals surface area contributed by atoms with Crippen molar-refractivity contribution >= 4 is 39.5 Å². The number of nitrogens with zero attached hydrogens (tertiary/aromatic N) is 1. The Morgan fingerprint density at radius 1 is 1.21 bits per heavy atom. The van der Waals surface area contributed by atoms with Crippen molar-refractivity contribution in [3.8, 4) is 0 Å². The fraction of sp³-hybridized carbons (Fsp3) is 0.524. The molecule has 2 N–H and O–H groups in total. The molecule has 1 aromatic carbocycles. The van der Waals surface area contributed by atoms with Crippen molar-refractivity contribution in [1.29, 1.82) is 0 Å². The first-order chi connectivity index (χ1) is 14.0. The number of hydrogen-bond acceptors (Lipinski definition) is 6. The van der Waals surface area contributed by atoms with E-state index < -0.39 is 24.5 Å². The predicted molar refractivity (Wildman–Crippen MR) is 112 cm³/mol. The Bertz CT molecular complexity index is 833. The van der Waals surface area contributed by atoms with Crippen LogP contribution in [0.25, 0.3) is 10.2 Å². The van der Waals surface area contributed by atoms with Crippen molar-refractivity contribution in [3.63, 3.8) is 0 Å². The fourth-order valence-electron chi connectivity index (χ4n) is 3.53. The minimum absolute atomic E-state index is 0.0848. The van der Waals surface area contributed by atoms with Crippen LogP contribution in [0.2, 0.25) is 0 Å². The number of para-hydroxylation sites is 1. The number of aryl methyl sites for hydroxylation is 1. The molecule has 0 spiro atoms. The number of carbonyl (C=O) groups is 3. The number of imide groups is 1. The highest BCUT2D eigenvalue weighted by Gasteiger charge is 2.23. The number of thiazole rings is 1. The number of hydrogen-bond donors (Lipinski definition) is 2. The molecule has 1 aromatic heterocycles. The molecule has 1 saturated carbocycles. The number of rotatable bonds is 7. The van der Waals surface area contributed by atoms with Gasteiger partial charge in [-0.15, -0.1) is 11.3 Å². The number of fused-ring (bicyclic) bond motifs is 1. The smallest absolute Gasteiger partial charge is 0.321 e. The van der Waals surface area contributed by atoms with Gasteiger partial charge in [-0.1, -0.05) is 31.9 Å². The summed E-state index contributed by atoms with van der Waals surface area (Å²) in [6.07, 6.45) is 5.74. The zero-order valence-corrected chi connectivity index (χ0v) is 17.4. The van der Waals surface area contributed by atoms with Gasteiger partial charge in [-0.25, -0.2) is 9.78 Å². The van der Waals surface area contributed by atoms with Gasteiger partial charge in [0.15, 0.2) is 6.61 Å². The van der Waals surface area contributed by atoms with E-state index in [1.54, 1.807) is 11.3 Å². The average molecular weight is 418 g/mol. The summed E-state index contributed by atoms with van der Waals surface area (Å²) < 4.78 is 6.09. The number of amides is 3. The third-order valence-electron chi connectivity index (χ3n) is 5.15. The molecule has 156 valence electrons. The monoisotopic (exact) mass is 417 g/mol. The second-order valence-corrected chi connectivity index (χ2v) is 8.59. The maximum absolute atomic E-state index is 11.9. The summed E-state index contributed by atoms with van der Waals surface area (Å²) in [6, 6.07) is 7.47. The molecule has 3 amide bonds. The average Bonchev–Trinajstić information content (AvgIpc) is 3.11. The summed E-state index contributed by atoms with van der Waals surface area (Å²) in [5, 5.41) is 6.04. The molecule has 8 heteroatoms. The van der Waals surface area contributed by atoms with Gasteiger partial charge in [0.05, 0.1) is 15.2 Å². The van der Waals surface area contributed by atoms with Gasteiger partial charge < -0.3 is 10.1 Å². The zero-order chi connectivity index (χ0) is 20.6. The van der Waals surface area contributed by atoms with Crippen LogP contribution < -0.4 is 10.6 Å². The van der Waals surface area contributed by atoms with E-state index in [1.807, 2.05) is 24.3 Å². The van der Waals surface area contributed by atoms with Crippen LogP contribution in [0.5, 0.6) is 0 Å². The summed E-state index contributed by atoms with van der Waals surface area (Å²) in [7, 11) is 0. The highest BCUT2D eigenvalue weighted by Crippen LogP contribution is 2.24. The number of carbonyl (C=O) groups excluding carboxylic acids is 3. The molecular formula is C21H27N3O4S. The summed E-state index contributed by atoms with van der Waals surface area (Å²) in [4.78, 5) is 40.1. The number of esters is 1.